The monoisotopic (exact) mass is 329 g/mol. The molecule has 1 heterocycles. The molecule has 1 fully saturated rings. The molecule has 2 aromatic carbocycles. The van der Waals surface area contributed by atoms with Crippen molar-refractivity contribution in [3.05, 3.63) is 59.9 Å². The van der Waals surface area contributed by atoms with E-state index in [0.717, 1.165) is 5.56 Å². The standard InChI is InChI=1S/C16H12FN3O2S/c17-12-5-7-13(8-6-12)22-14-4-2-1-3-11(14)9-18-20-16-19-15(21)10-23-16/h1-9H,10H2,(H,19,20,21). The smallest absolute Gasteiger partial charge is 0.236 e. The zero-order valence-electron chi connectivity index (χ0n) is 11.9. The van der Waals surface area contributed by atoms with Crippen molar-refractivity contribution in [2.24, 2.45) is 10.2 Å². The van der Waals surface area contributed by atoms with Crippen LogP contribution in [-0.2, 0) is 4.79 Å². The van der Waals surface area contributed by atoms with Crippen LogP contribution in [0.3, 0.4) is 0 Å². The van der Waals surface area contributed by atoms with Crippen molar-refractivity contribution in [3.8, 4) is 11.5 Å². The summed E-state index contributed by atoms with van der Waals surface area (Å²) in [7, 11) is 0. The molecule has 0 bridgehead atoms. The van der Waals surface area contributed by atoms with Gasteiger partial charge in [-0.05, 0) is 36.4 Å². The minimum absolute atomic E-state index is 0.0796. The quantitative estimate of drug-likeness (QED) is 0.692. The summed E-state index contributed by atoms with van der Waals surface area (Å²) in [4.78, 5) is 11.1. The number of carbonyl (C=O) groups is 1. The third-order valence-electron chi connectivity index (χ3n) is 2.89. The van der Waals surface area contributed by atoms with Gasteiger partial charge in [-0.15, -0.1) is 5.10 Å². The van der Waals surface area contributed by atoms with Gasteiger partial charge in [0.25, 0.3) is 0 Å². The Kier molecular flexibility index (Phi) is 4.68. The minimum atomic E-state index is -0.320. The SMILES string of the molecule is O=C1CSC(=NN=Cc2ccccc2Oc2ccc(F)cc2)N1. The number of carbonyl (C=O) groups excluding carboxylic acids is 1. The van der Waals surface area contributed by atoms with Gasteiger partial charge in [-0.3, -0.25) is 4.79 Å². The second-order valence-corrected chi connectivity index (χ2v) is 5.54. The van der Waals surface area contributed by atoms with Crippen LogP contribution < -0.4 is 10.1 Å². The third kappa shape index (κ3) is 4.17. The number of thioether (sulfide) groups is 1. The van der Waals surface area contributed by atoms with E-state index in [1.165, 1.54) is 30.1 Å². The van der Waals surface area contributed by atoms with E-state index in [2.05, 4.69) is 15.5 Å². The Balaban J connectivity index is 1.75. The number of hydrogen-bond acceptors (Lipinski definition) is 5. The van der Waals surface area contributed by atoms with Crippen LogP contribution >= 0.6 is 11.8 Å². The van der Waals surface area contributed by atoms with E-state index in [4.69, 9.17) is 4.74 Å². The topological polar surface area (TPSA) is 63.0 Å². The first-order valence-electron chi connectivity index (χ1n) is 6.77. The summed E-state index contributed by atoms with van der Waals surface area (Å²) >= 11 is 1.30. The van der Waals surface area contributed by atoms with Crippen LogP contribution in [0.5, 0.6) is 11.5 Å². The van der Waals surface area contributed by atoms with Crippen molar-refractivity contribution in [2.45, 2.75) is 0 Å². The second-order valence-electron chi connectivity index (χ2n) is 4.58. The average molecular weight is 329 g/mol. The molecule has 5 nitrogen and oxygen atoms in total. The number of para-hydroxylation sites is 1. The summed E-state index contributed by atoms with van der Waals surface area (Å²) in [5, 5.41) is 11.0. The first-order chi connectivity index (χ1) is 11.2. The molecule has 3 rings (SSSR count). The molecule has 1 aliphatic rings. The van der Waals surface area contributed by atoms with Gasteiger partial charge in [-0.1, -0.05) is 23.9 Å². The van der Waals surface area contributed by atoms with Gasteiger partial charge in [-0.2, -0.15) is 5.10 Å². The summed E-state index contributed by atoms with van der Waals surface area (Å²) in [6, 6.07) is 13.0. The maximum absolute atomic E-state index is 12.9. The fraction of sp³-hybridized carbons (Fsp3) is 0.0625. The Morgan fingerprint density at radius 3 is 2.70 bits per heavy atom. The van der Waals surface area contributed by atoms with E-state index in [-0.39, 0.29) is 11.7 Å². The number of rotatable bonds is 4. The van der Waals surface area contributed by atoms with Crippen molar-refractivity contribution in [3.63, 3.8) is 0 Å². The molecule has 1 amide bonds. The van der Waals surface area contributed by atoms with E-state index in [1.807, 2.05) is 18.2 Å². The van der Waals surface area contributed by atoms with Crippen molar-refractivity contribution in [1.29, 1.82) is 0 Å². The minimum Gasteiger partial charge on any atom is -0.457 e. The summed E-state index contributed by atoms with van der Waals surface area (Å²) in [5.41, 5.74) is 0.718. The molecule has 1 aliphatic heterocycles. The molecule has 1 N–H and O–H groups in total. The number of benzene rings is 2. The highest BCUT2D eigenvalue weighted by Gasteiger charge is 2.15. The normalized spacial score (nSPS) is 16.0. The largest absolute Gasteiger partial charge is 0.457 e. The van der Waals surface area contributed by atoms with E-state index < -0.39 is 0 Å². The first-order valence-corrected chi connectivity index (χ1v) is 7.75. The molecule has 23 heavy (non-hydrogen) atoms. The molecule has 0 atom stereocenters. The molecule has 2 aromatic rings. The van der Waals surface area contributed by atoms with Gasteiger partial charge in [0, 0.05) is 5.56 Å². The van der Waals surface area contributed by atoms with Crippen LogP contribution in [0.1, 0.15) is 5.56 Å². The molecule has 0 saturated carbocycles. The molecular weight excluding hydrogens is 317 g/mol. The lowest BCUT2D eigenvalue weighted by Crippen LogP contribution is -2.19. The lowest BCUT2D eigenvalue weighted by atomic mass is 10.2. The van der Waals surface area contributed by atoms with Gasteiger partial charge < -0.3 is 10.1 Å². The van der Waals surface area contributed by atoms with E-state index in [1.54, 1.807) is 18.2 Å². The molecule has 116 valence electrons. The number of hydrogen-bond donors (Lipinski definition) is 1. The summed E-state index contributed by atoms with van der Waals surface area (Å²) in [6.45, 7) is 0. The molecule has 7 heteroatoms. The lowest BCUT2D eigenvalue weighted by molar-refractivity contribution is -0.116. The maximum Gasteiger partial charge on any atom is 0.236 e. The van der Waals surface area contributed by atoms with E-state index in [9.17, 15) is 9.18 Å². The Labute approximate surface area is 136 Å². The van der Waals surface area contributed by atoms with Crippen LogP contribution in [0.2, 0.25) is 0 Å². The van der Waals surface area contributed by atoms with Gasteiger partial charge in [0.2, 0.25) is 5.91 Å². The number of amidine groups is 1. The van der Waals surface area contributed by atoms with Crippen molar-refractivity contribution >= 4 is 29.1 Å². The Morgan fingerprint density at radius 1 is 1.17 bits per heavy atom. The zero-order valence-corrected chi connectivity index (χ0v) is 12.7. The predicted molar refractivity (Wildman–Crippen MR) is 88.5 cm³/mol. The third-order valence-corrected chi connectivity index (χ3v) is 3.76. The number of ether oxygens (including phenoxy) is 1. The molecule has 0 aromatic heterocycles. The fourth-order valence-electron chi connectivity index (χ4n) is 1.83. The summed E-state index contributed by atoms with van der Waals surface area (Å²) in [5.74, 6) is 1.06. The highest BCUT2D eigenvalue weighted by molar-refractivity contribution is 8.15. The van der Waals surface area contributed by atoms with E-state index >= 15 is 0 Å². The second kappa shape index (κ2) is 7.06. The van der Waals surface area contributed by atoms with Gasteiger partial charge in [0.15, 0.2) is 5.17 Å². The number of nitrogens with zero attached hydrogens (tertiary/aromatic N) is 2. The van der Waals surface area contributed by atoms with Crippen LogP contribution in [-0.4, -0.2) is 23.0 Å². The maximum atomic E-state index is 12.9. The van der Waals surface area contributed by atoms with Crippen molar-refractivity contribution in [1.82, 2.24) is 5.32 Å². The summed E-state index contributed by atoms with van der Waals surface area (Å²) in [6.07, 6.45) is 1.54. The molecule has 0 radical (unpaired) electrons. The van der Waals surface area contributed by atoms with Gasteiger partial charge in [0.05, 0.1) is 12.0 Å². The van der Waals surface area contributed by atoms with Crippen molar-refractivity contribution < 1.29 is 13.9 Å². The Morgan fingerprint density at radius 2 is 1.96 bits per heavy atom. The van der Waals surface area contributed by atoms with Crippen LogP contribution in [0, 0.1) is 5.82 Å². The number of amides is 1. The van der Waals surface area contributed by atoms with Gasteiger partial charge in [-0.25, -0.2) is 4.39 Å². The molecule has 0 spiro atoms. The predicted octanol–water partition coefficient (Wildman–Crippen LogP) is 3.17. The zero-order chi connectivity index (χ0) is 16.1. The fourth-order valence-corrected chi connectivity index (χ4v) is 2.46. The lowest BCUT2D eigenvalue weighted by Gasteiger charge is -2.07. The first kappa shape index (κ1) is 15.2. The number of halogens is 1. The van der Waals surface area contributed by atoms with Gasteiger partial charge in [0.1, 0.15) is 17.3 Å². The van der Waals surface area contributed by atoms with Crippen LogP contribution in [0.25, 0.3) is 0 Å². The number of nitrogens with one attached hydrogen (secondary N) is 1. The molecule has 1 saturated heterocycles. The summed E-state index contributed by atoms with van der Waals surface area (Å²) < 4.78 is 18.6. The molecular formula is C16H12FN3O2S. The highest BCUT2D eigenvalue weighted by Crippen LogP contribution is 2.24. The molecule has 0 aliphatic carbocycles. The Bertz CT molecular complexity index is 775. The average Bonchev–Trinajstić information content (AvgIpc) is 2.97. The molecule has 0 unspecified atom stereocenters. The van der Waals surface area contributed by atoms with E-state index in [0.29, 0.717) is 22.4 Å². The van der Waals surface area contributed by atoms with Crippen LogP contribution in [0.15, 0.2) is 58.7 Å². The van der Waals surface area contributed by atoms with Crippen LogP contribution in [0.4, 0.5) is 4.39 Å². The highest BCUT2D eigenvalue weighted by atomic mass is 32.2. The van der Waals surface area contributed by atoms with Crippen molar-refractivity contribution in [2.75, 3.05) is 5.75 Å². The Hall–Kier alpha value is -2.67. The van der Waals surface area contributed by atoms with Gasteiger partial charge >= 0.3 is 0 Å².